The molecular weight excluding hydrogens is 345 g/mol. The van der Waals surface area contributed by atoms with E-state index in [2.05, 4.69) is 76.2 Å². The summed E-state index contributed by atoms with van der Waals surface area (Å²) in [4.78, 5) is 0. The summed E-state index contributed by atoms with van der Waals surface area (Å²) in [6.07, 6.45) is 0. The average Bonchev–Trinajstić information content (AvgIpc) is 3.12. The first kappa shape index (κ1) is 15.6. The summed E-state index contributed by atoms with van der Waals surface area (Å²) in [5, 5.41) is 0. The van der Waals surface area contributed by atoms with Crippen molar-refractivity contribution >= 4 is 22.1 Å². The molecule has 0 bridgehead atoms. The third-order valence-corrected chi connectivity index (χ3v) is 16.3. The number of rotatable bonds is 2. The molecule has 3 rings (SSSR count). The fourth-order valence-corrected chi connectivity index (χ4v) is 15.3. The van der Waals surface area contributed by atoms with Crippen molar-refractivity contribution in [3.05, 3.63) is 68.5 Å². The normalized spacial score (nSPS) is 17.6. The molecule has 0 unspecified atom stereocenters. The molecule has 1 aliphatic rings. The molecule has 0 atom stereocenters. The van der Waals surface area contributed by atoms with Gasteiger partial charge in [-0.05, 0) is 0 Å². The molecule has 0 N–H and O–H groups in total. The van der Waals surface area contributed by atoms with E-state index < -0.39 is 13.3 Å². The minimum atomic E-state index is -2.49. The molecule has 0 nitrogen and oxygen atoms in total. The first-order chi connectivity index (χ1) is 9.10. The van der Waals surface area contributed by atoms with Crippen LogP contribution in [0.1, 0.15) is 27.7 Å². The summed E-state index contributed by atoms with van der Waals surface area (Å²) in [5.41, 5.74) is 3.06. The zero-order valence-electron chi connectivity index (χ0n) is 12.5. The third-order valence-electron chi connectivity index (χ3n) is 5.00. The van der Waals surface area contributed by atoms with E-state index in [9.17, 15) is 0 Å². The zero-order valence-corrected chi connectivity index (χ0v) is 15.7. The van der Waals surface area contributed by atoms with Crippen LogP contribution in [0.15, 0.2) is 68.5 Å². The molecule has 2 aromatic carbocycles. The van der Waals surface area contributed by atoms with Crippen molar-refractivity contribution in [2.45, 2.75) is 27.7 Å². The molecule has 0 amide bonds. The SMILES string of the molecule is CC1=[C](C)[Ge]([c-]2cccc2)([c-]2[cH-][cH-][cH-][cH-]2)[C](C)=C1C.[Fe]. The Labute approximate surface area is 135 Å². The van der Waals surface area contributed by atoms with E-state index in [0.717, 1.165) is 0 Å². The van der Waals surface area contributed by atoms with Gasteiger partial charge >= 0.3 is 118 Å². The topological polar surface area (TPSA) is 0 Å². The van der Waals surface area contributed by atoms with Crippen molar-refractivity contribution < 1.29 is 17.1 Å². The maximum Gasteiger partial charge on any atom is 0 e. The van der Waals surface area contributed by atoms with Gasteiger partial charge < -0.3 is 0 Å². The fraction of sp³-hybridized carbons (Fsp3) is 0.222. The molecular formula is C18H20FeGe-6. The molecule has 0 saturated heterocycles. The zero-order chi connectivity index (χ0) is 13.6. The average molecular weight is 365 g/mol. The third kappa shape index (κ3) is 1.88. The molecule has 20 heavy (non-hydrogen) atoms. The van der Waals surface area contributed by atoms with Gasteiger partial charge in [0.15, 0.2) is 0 Å². The van der Waals surface area contributed by atoms with Crippen molar-refractivity contribution in [2.24, 2.45) is 0 Å². The Morgan fingerprint density at radius 3 is 1.75 bits per heavy atom. The number of allylic oxidation sites excluding steroid dienone is 4. The standard InChI is InChI=1S/C18H20Ge.Fe/c1-13-14(2)16(4)19(15(13)3,17-9-5-6-10-17)18-11-7-8-12-18;/h5-12H,1-4H3;/q-6;. The Kier molecular flexibility index (Phi) is 4.34. The maximum atomic E-state index is 2.37. The number of hydrogen-bond acceptors (Lipinski definition) is 0. The van der Waals surface area contributed by atoms with E-state index in [0.29, 0.717) is 0 Å². The van der Waals surface area contributed by atoms with Crippen LogP contribution in [0.5, 0.6) is 0 Å². The molecule has 2 heteroatoms. The molecule has 0 saturated carbocycles. The summed E-state index contributed by atoms with van der Waals surface area (Å²) in [5.74, 6) is 0. The summed E-state index contributed by atoms with van der Waals surface area (Å²) in [6.45, 7) is 9.34. The van der Waals surface area contributed by atoms with Gasteiger partial charge in [-0.25, -0.2) is 0 Å². The van der Waals surface area contributed by atoms with Crippen LogP contribution in [0, 0.1) is 0 Å². The van der Waals surface area contributed by atoms with Crippen molar-refractivity contribution in [3.8, 4) is 0 Å². The van der Waals surface area contributed by atoms with Gasteiger partial charge in [0.25, 0.3) is 0 Å². The van der Waals surface area contributed by atoms with E-state index >= 15 is 0 Å². The van der Waals surface area contributed by atoms with Crippen molar-refractivity contribution in [2.75, 3.05) is 0 Å². The second kappa shape index (κ2) is 5.56. The molecule has 0 fully saturated rings. The largest absolute Gasteiger partial charge is 0 e. The number of hydrogen-bond donors (Lipinski definition) is 0. The van der Waals surface area contributed by atoms with Crippen LogP contribution in [0.2, 0.25) is 0 Å². The van der Waals surface area contributed by atoms with Crippen LogP contribution < -0.4 is 8.79 Å². The molecule has 2 aromatic rings. The van der Waals surface area contributed by atoms with Gasteiger partial charge in [-0.15, -0.1) is 0 Å². The Morgan fingerprint density at radius 2 is 1.30 bits per heavy atom. The minimum absolute atomic E-state index is 0. The van der Waals surface area contributed by atoms with Gasteiger partial charge in [-0.1, -0.05) is 0 Å². The maximum absolute atomic E-state index is 2.49. The smallest absolute Gasteiger partial charge is 0 e. The Morgan fingerprint density at radius 1 is 0.850 bits per heavy atom. The molecule has 110 valence electrons. The predicted molar refractivity (Wildman–Crippen MR) is 85.8 cm³/mol. The minimum Gasteiger partial charge on any atom is 0 e. The Balaban J connectivity index is 0.00000147. The predicted octanol–water partition coefficient (Wildman–Crippen LogP) is 3.45. The van der Waals surface area contributed by atoms with Crippen LogP contribution in [0.3, 0.4) is 0 Å². The molecule has 0 radical (unpaired) electrons. The molecule has 1 aliphatic heterocycles. The molecule has 0 aromatic heterocycles. The van der Waals surface area contributed by atoms with E-state index in [1.807, 2.05) is 0 Å². The molecule has 0 spiro atoms. The Hall–Kier alpha value is -0.758. The van der Waals surface area contributed by atoms with Crippen LogP contribution in [0.4, 0.5) is 0 Å². The first-order valence-electron chi connectivity index (χ1n) is 6.90. The Bertz CT molecular complexity index is 594. The summed E-state index contributed by atoms with van der Waals surface area (Å²) >= 11 is -2.49. The summed E-state index contributed by atoms with van der Waals surface area (Å²) in [6, 6.07) is 18.1. The van der Waals surface area contributed by atoms with Crippen LogP contribution in [-0.2, 0) is 17.1 Å². The molecule has 0 aliphatic carbocycles. The second-order valence-electron chi connectivity index (χ2n) is 5.60. The van der Waals surface area contributed by atoms with Gasteiger partial charge in [0.1, 0.15) is 0 Å². The monoisotopic (exact) mass is 366 g/mol. The van der Waals surface area contributed by atoms with Crippen molar-refractivity contribution in [3.63, 3.8) is 0 Å². The molecule has 1 heterocycles. The quantitative estimate of drug-likeness (QED) is 0.565. The van der Waals surface area contributed by atoms with E-state index in [4.69, 9.17) is 0 Å². The van der Waals surface area contributed by atoms with Crippen LogP contribution in [-0.4, -0.2) is 13.3 Å². The van der Waals surface area contributed by atoms with Gasteiger partial charge in [-0.3, -0.25) is 0 Å². The van der Waals surface area contributed by atoms with Gasteiger partial charge in [0.2, 0.25) is 0 Å². The van der Waals surface area contributed by atoms with Gasteiger partial charge in [-0.2, -0.15) is 0 Å². The fourth-order valence-electron chi connectivity index (χ4n) is 3.69. The summed E-state index contributed by atoms with van der Waals surface area (Å²) < 4.78 is 6.48. The van der Waals surface area contributed by atoms with Crippen molar-refractivity contribution in [1.82, 2.24) is 0 Å². The van der Waals surface area contributed by atoms with Crippen LogP contribution >= 0.6 is 0 Å². The summed E-state index contributed by atoms with van der Waals surface area (Å²) in [7, 11) is 0. The van der Waals surface area contributed by atoms with E-state index in [1.54, 1.807) is 17.6 Å². The van der Waals surface area contributed by atoms with E-state index in [1.165, 1.54) is 11.1 Å². The van der Waals surface area contributed by atoms with Gasteiger partial charge in [0.05, 0.1) is 0 Å². The second-order valence-corrected chi connectivity index (χ2v) is 14.3. The van der Waals surface area contributed by atoms with Gasteiger partial charge in [0, 0.05) is 17.1 Å². The first-order valence-corrected chi connectivity index (χ1v) is 11.1. The van der Waals surface area contributed by atoms with Crippen LogP contribution in [0.25, 0.3) is 0 Å². The van der Waals surface area contributed by atoms with Crippen molar-refractivity contribution in [1.29, 1.82) is 0 Å². The van der Waals surface area contributed by atoms with E-state index in [-0.39, 0.29) is 17.1 Å².